The maximum absolute atomic E-state index is 12.8. The highest BCUT2D eigenvalue weighted by atomic mass is 32.2. The number of ether oxygens (including phenoxy) is 1. The molecule has 2 aliphatic carbocycles. The van der Waals surface area contributed by atoms with Gasteiger partial charge in [0.2, 0.25) is 5.91 Å². The molecule has 2 fully saturated rings. The summed E-state index contributed by atoms with van der Waals surface area (Å²) in [7, 11) is 0. The van der Waals surface area contributed by atoms with Gasteiger partial charge in [-0.15, -0.1) is 0 Å². The van der Waals surface area contributed by atoms with Gasteiger partial charge in [-0.1, -0.05) is 32.8 Å². The molecule has 2 aliphatic heterocycles. The van der Waals surface area contributed by atoms with Crippen LogP contribution in [-0.2, 0) is 9.53 Å². The van der Waals surface area contributed by atoms with E-state index in [4.69, 9.17) is 9.73 Å². The Morgan fingerprint density at radius 2 is 2.00 bits per heavy atom. The van der Waals surface area contributed by atoms with E-state index in [1.165, 1.54) is 25.7 Å². The first kappa shape index (κ1) is 19.1. The average Bonchev–Trinajstić information content (AvgIpc) is 3.12. The molecule has 0 spiro atoms. The lowest BCUT2D eigenvalue weighted by Crippen LogP contribution is -2.48. The van der Waals surface area contributed by atoms with E-state index >= 15 is 0 Å². The lowest BCUT2D eigenvalue weighted by Gasteiger charge is -2.38. The number of allylic oxidation sites excluding steroid dienone is 2. The maximum Gasteiger partial charge on any atom is 0.235 e. The second-order valence-electron chi connectivity index (χ2n) is 8.72. The summed E-state index contributed by atoms with van der Waals surface area (Å²) in [5.74, 6) is 1.44. The lowest BCUT2D eigenvalue weighted by atomic mass is 9.72. The number of carbonyl (C=O) groups excluding carboxylic acids is 1. The number of aliphatic imine (C=N–C) groups is 1. The Labute approximate surface area is 166 Å². The van der Waals surface area contributed by atoms with Gasteiger partial charge in [-0.05, 0) is 31.8 Å². The fourth-order valence-corrected chi connectivity index (χ4v) is 5.67. The monoisotopic (exact) mass is 389 g/mol. The van der Waals surface area contributed by atoms with E-state index in [2.05, 4.69) is 36.6 Å². The third-order valence-electron chi connectivity index (χ3n) is 6.01. The van der Waals surface area contributed by atoms with Gasteiger partial charge in [0.25, 0.3) is 0 Å². The number of carbonyl (C=O) groups is 1. The van der Waals surface area contributed by atoms with Gasteiger partial charge in [0.05, 0.1) is 17.4 Å². The largest absolute Gasteiger partial charge is 0.383 e. The summed E-state index contributed by atoms with van der Waals surface area (Å²) >= 11 is 1.89. The Morgan fingerprint density at radius 1 is 1.26 bits per heavy atom. The number of nitrogens with zero attached hydrogens (tertiary/aromatic N) is 1. The summed E-state index contributed by atoms with van der Waals surface area (Å²) in [6, 6.07) is 0.561. The molecular weight excluding hydrogens is 358 g/mol. The van der Waals surface area contributed by atoms with E-state index in [0.29, 0.717) is 11.3 Å². The lowest BCUT2D eigenvalue weighted by molar-refractivity contribution is -0.125. The molecule has 0 aromatic heterocycles. The molecule has 0 aromatic rings. The number of thioether (sulfide) groups is 1. The van der Waals surface area contributed by atoms with E-state index in [0.717, 1.165) is 49.0 Å². The fourth-order valence-electron chi connectivity index (χ4n) is 4.61. The number of hydrogen-bond acceptors (Lipinski definition) is 5. The topological polar surface area (TPSA) is 62.7 Å². The number of fused-ring (bicyclic) bond motifs is 1. The first-order chi connectivity index (χ1) is 13.0. The third-order valence-corrected chi connectivity index (χ3v) is 7.40. The van der Waals surface area contributed by atoms with Crippen molar-refractivity contribution in [3.63, 3.8) is 0 Å². The molecule has 2 N–H and O–H groups in total. The van der Waals surface area contributed by atoms with Gasteiger partial charge in [-0.2, -0.15) is 11.8 Å². The van der Waals surface area contributed by atoms with E-state index in [1.54, 1.807) is 0 Å². The summed E-state index contributed by atoms with van der Waals surface area (Å²) in [5.41, 5.74) is 1.81. The molecule has 27 heavy (non-hydrogen) atoms. The zero-order chi connectivity index (χ0) is 18.9. The second kappa shape index (κ2) is 8.00. The SMILES string of the molecule is CC1(C)C=C(NC2CCCC2)C=C2N=C(CSC3CCOCC3)NC(=O)C21. The first-order valence-corrected chi connectivity index (χ1v) is 11.3. The molecule has 5 nitrogen and oxygen atoms in total. The number of nitrogens with one attached hydrogen (secondary N) is 2. The van der Waals surface area contributed by atoms with Gasteiger partial charge in [-0.25, -0.2) is 4.99 Å². The molecule has 0 bridgehead atoms. The standard InChI is InChI=1S/C21H31N3O2S/c1-21(2)12-15(22-14-5-3-4-6-14)11-17-19(21)20(25)24-18(23-17)13-27-16-7-9-26-10-8-16/h11-12,14,16,19,22H,3-10,13H2,1-2H3,(H,23,24,25). The van der Waals surface area contributed by atoms with Crippen LogP contribution in [0, 0.1) is 11.3 Å². The van der Waals surface area contributed by atoms with E-state index in [1.807, 2.05) is 11.8 Å². The van der Waals surface area contributed by atoms with Gasteiger partial charge in [0, 0.05) is 35.6 Å². The van der Waals surface area contributed by atoms with Crippen LogP contribution in [0.25, 0.3) is 0 Å². The molecule has 4 aliphatic rings. The zero-order valence-electron chi connectivity index (χ0n) is 16.4. The van der Waals surface area contributed by atoms with Crippen LogP contribution in [0.3, 0.4) is 0 Å². The van der Waals surface area contributed by atoms with Gasteiger partial charge in [-0.3, -0.25) is 4.79 Å². The molecule has 1 amide bonds. The van der Waals surface area contributed by atoms with Crippen LogP contribution in [0.1, 0.15) is 52.4 Å². The minimum atomic E-state index is -0.238. The molecule has 2 heterocycles. The van der Waals surface area contributed by atoms with Crippen LogP contribution in [0.4, 0.5) is 0 Å². The van der Waals surface area contributed by atoms with Gasteiger partial charge in [0.15, 0.2) is 0 Å². The number of rotatable bonds is 5. The zero-order valence-corrected chi connectivity index (χ0v) is 17.2. The molecule has 4 rings (SSSR count). The predicted octanol–water partition coefficient (Wildman–Crippen LogP) is 3.38. The van der Waals surface area contributed by atoms with Crippen LogP contribution in [-0.4, -0.2) is 42.0 Å². The van der Waals surface area contributed by atoms with Crippen molar-refractivity contribution in [1.82, 2.24) is 10.6 Å². The first-order valence-electron chi connectivity index (χ1n) is 10.3. The summed E-state index contributed by atoms with van der Waals surface area (Å²) in [6.07, 6.45) is 11.6. The van der Waals surface area contributed by atoms with Crippen LogP contribution in [0.2, 0.25) is 0 Å². The minimum absolute atomic E-state index is 0.0833. The van der Waals surface area contributed by atoms with Crippen molar-refractivity contribution >= 4 is 23.5 Å². The van der Waals surface area contributed by atoms with E-state index in [9.17, 15) is 4.79 Å². The highest BCUT2D eigenvalue weighted by Crippen LogP contribution is 2.41. The van der Waals surface area contributed by atoms with Gasteiger partial charge < -0.3 is 15.4 Å². The molecule has 0 aromatic carbocycles. The Kier molecular flexibility index (Phi) is 5.65. The van der Waals surface area contributed by atoms with Crippen molar-refractivity contribution in [2.75, 3.05) is 19.0 Å². The fraction of sp³-hybridized carbons (Fsp3) is 0.714. The summed E-state index contributed by atoms with van der Waals surface area (Å²) in [6.45, 7) is 5.97. The molecule has 1 unspecified atom stereocenters. The van der Waals surface area contributed by atoms with Gasteiger partial charge >= 0.3 is 0 Å². The summed E-state index contributed by atoms with van der Waals surface area (Å²) in [5, 5.41) is 7.36. The van der Waals surface area contributed by atoms with Crippen molar-refractivity contribution < 1.29 is 9.53 Å². The molecule has 6 heteroatoms. The number of amides is 1. The molecule has 1 saturated heterocycles. The minimum Gasteiger partial charge on any atom is -0.383 e. The van der Waals surface area contributed by atoms with E-state index < -0.39 is 0 Å². The molecule has 1 saturated carbocycles. The Hall–Kier alpha value is -1.27. The number of amidine groups is 1. The Morgan fingerprint density at radius 3 is 2.74 bits per heavy atom. The van der Waals surface area contributed by atoms with Crippen LogP contribution < -0.4 is 10.6 Å². The predicted molar refractivity (Wildman–Crippen MR) is 111 cm³/mol. The van der Waals surface area contributed by atoms with Gasteiger partial charge in [0.1, 0.15) is 5.84 Å². The molecular formula is C21H31N3O2S. The normalized spacial score (nSPS) is 28.7. The Balaban J connectivity index is 1.48. The highest BCUT2D eigenvalue weighted by molar-refractivity contribution is 8.00. The number of hydrogen-bond donors (Lipinski definition) is 2. The van der Waals surface area contributed by atoms with Crippen molar-refractivity contribution in [1.29, 1.82) is 0 Å². The van der Waals surface area contributed by atoms with Crippen LogP contribution in [0.15, 0.2) is 28.5 Å². The smallest absolute Gasteiger partial charge is 0.235 e. The van der Waals surface area contributed by atoms with Crippen LogP contribution in [0.5, 0.6) is 0 Å². The molecule has 148 valence electrons. The quantitative estimate of drug-likeness (QED) is 0.757. The summed E-state index contributed by atoms with van der Waals surface area (Å²) in [4.78, 5) is 17.7. The average molecular weight is 390 g/mol. The van der Waals surface area contributed by atoms with Crippen molar-refractivity contribution in [2.24, 2.45) is 16.3 Å². The second-order valence-corrected chi connectivity index (χ2v) is 10.0. The van der Waals surface area contributed by atoms with Crippen molar-refractivity contribution in [3.8, 4) is 0 Å². The Bertz CT molecular complexity index is 671. The third kappa shape index (κ3) is 4.43. The van der Waals surface area contributed by atoms with Crippen molar-refractivity contribution in [3.05, 3.63) is 23.5 Å². The molecule has 1 atom stereocenters. The maximum atomic E-state index is 12.8. The van der Waals surface area contributed by atoms with E-state index in [-0.39, 0.29) is 17.2 Å². The van der Waals surface area contributed by atoms with Crippen LogP contribution >= 0.6 is 11.8 Å². The summed E-state index contributed by atoms with van der Waals surface area (Å²) < 4.78 is 5.43. The molecule has 0 radical (unpaired) electrons. The van der Waals surface area contributed by atoms with Crippen molar-refractivity contribution in [2.45, 2.75) is 63.7 Å². The highest BCUT2D eigenvalue weighted by Gasteiger charge is 2.42.